The highest BCUT2D eigenvalue weighted by molar-refractivity contribution is 5.80. The number of H-pyrrole nitrogens is 1. The van der Waals surface area contributed by atoms with Crippen LogP contribution in [-0.4, -0.2) is 22.1 Å². The van der Waals surface area contributed by atoms with Crippen LogP contribution in [0.4, 0.5) is 0 Å². The first-order valence-corrected chi connectivity index (χ1v) is 8.98. The molecule has 124 valence electrons. The molecule has 0 saturated carbocycles. The third kappa shape index (κ3) is 2.77. The van der Waals surface area contributed by atoms with Crippen LogP contribution in [0.15, 0.2) is 65.0 Å². The van der Waals surface area contributed by atoms with Crippen LogP contribution in [0, 0.1) is 0 Å². The van der Waals surface area contributed by atoms with E-state index in [0.717, 1.165) is 6.42 Å². The standard InChI is InChI=1S/C20H24N4/c1-2-3-4-12-20(18-14-15-9-5-6-10-16(15)21-18)24-19-13-8-7-11-17(19)22-23-24/h5-11,13-14,17,19-21H,2-4,12H2,1H3. The van der Waals surface area contributed by atoms with Gasteiger partial charge in [-0.05, 0) is 23.9 Å². The summed E-state index contributed by atoms with van der Waals surface area (Å²) in [6.07, 6.45) is 13.3. The molecule has 0 bridgehead atoms. The molecule has 0 spiro atoms. The van der Waals surface area contributed by atoms with E-state index >= 15 is 0 Å². The molecule has 1 aromatic heterocycles. The molecular weight excluding hydrogens is 296 g/mol. The molecule has 24 heavy (non-hydrogen) atoms. The number of nitrogens with zero attached hydrogens (tertiary/aromatic N) is 3. The lowest BCUT2D eigenvalue weighted by Gasteiger charge is -2.30. The second-order valence-corrected chi connectivity index (χ2v) is 6.66. The molecule has 1 aromatic carbocycles. The average Bonchev–Trinajstić information content (AvgIpc) is 3.23. The number of aromatic amines is 1. The second-order valence-electron chi connectivity index (χ2n) is 6.66. The number of para-hydroxylation sites is 1. The molecule has 0 amide bonds. The van der Waals surface area contributed by atoms with Crippen LogP contribution >= 0.6 is 0 Å². The lowest BCUT2D eigenvalue weighted by molar-refractivity contribution is 0.168. The van der Waals surface area contributed by atoms with Crippen molar-refractivity contribution < 1.29 is 0 Å². The summed E-state index contributed by atoms with van der Waals surface area (Å²) in [5, 5.41) is 12.5. The fraction of sp³-hybridized carbons (Fsp3) is 0.400. The summed E-state index contributed by atoms with van der Waals surface area (Å²) >= 11 is 0. The summed E-state index contributed by atoms with van der Waals surface area (Å²) in [6.45, 7) is 2.25. The van der Waals surface area contributed by atoms with Crippen molar-refractivity contribution in [3.63, 3.8) is 0 Å². The molecule has 0 fully saturated rings. The van der Waals surface area contributed by atoms with Crippen LogP contribution in [0.2, 0.25) is 0 Å². The SMILES string of the molecule is CCCCCC(c1cc2ccccc2[nH]1)N1N=NC2C=CC=CC21. The summed E-state index contributed by atoms with van der Waals surface area (Å²) in [5.74, 6) is 0. The molecule has 3 atom stereocenters. The Bertz CT molecular complexity index is 753. The summed E-state index contributed by atoms with van der Waals surface area (Å²) < 4.78 is 0. The normalized spacial score (nSPS) is 23.1. The molecule has 0 saturated heterocycles. The molecule has 0 radical (unpaired) electrons. The third-order valence-electron chi connectivity index (χ3n) is 4.98. The number of allylic oxidation sites excluding steroid dienone is 2. The van der Waals surface area contributed by atoms with Crippen molar-refractivity contribution >= 4 is 10.9 Å². The van der Waals surface area contributed by atoms with Crippen LogP contribution in [-0.2, 0) is 0 Å². The van der Waals surface area contributed by atoms with E-state index in [1.54, 1.807) is 0 Å². The molecule has 2 aliphatic rings. The van der Waals surface area contributed by atoms with Crippen LogP contribution in [0.1, 0.15) is 44.3 Å². The van der Waals surface area contributed by atoms with E-state index < -0.39 is 0 Å². The van der Waals surface area contributed by atoms with Crippen molar-refractivity contribution in [1.82, 2.24) is 9.99 Å². The summed E-state index contributed by atoms with van der Waals surface area (Å²) in [7, 11) is 0. The zero-order valence-electron chi connectivity index (χ0n) is 14.1. The van der Waals surface area contributed by atoms with Gasteiger partial charge in [0.1, 0.15) is 6.04 Å². The molecule has 2 heterocycles. The van der Waals surface area contributed by atoms with E-state index in [-0.39, 0.29) is 18.1 Å². The lowest BCUT2D eigenvalue weighted by Crippen LogP contribution is -2.36. The predicted molar refractivity (Wildman–Crippen MR) is 97.7 cm³/mol. The molecule has 1 N–H and O–H groups in total. The summed E-state index contributed by atoms with van der Waals surface area (Å²) in [4.78, 5) is 3.61. The quantitative estimate of drug-likeness (QED) is 0.718. The highest BCUT2D eigenvalue weighted by atomic mass is 15.6. The number of hydrogen-bond acceptors (Lipinski definition) is 3. The Hall–Kier alpha value is -2.36. The topological polar surface area (TPSA) is 43.8 Å². The van der Waals surface area contributed by atoms with Gasteiger partial charge < -0.3 is 4.98 Å². The maximum absolute atomic E-state index is 4.54. The Morgan fingerprint density at radius 1 is 1.17 bits per heavy atom. The summed E-state index contributed by atoms with van der Waals surface area (Å²) in [5.41, 5.74) is 2.44. The van der Waals surface area contributed by atoms with Gasteiger partial charge in [0.15, 0.2) is 0 Å². The zero-order chi connectivity index (χ0) is 16.4. The molecule has 3 unspecified atom stereocenters. The molecule has 1 aliphatic carbocycles. The van der Waals surface area contributed by atoms with Crippen LogP contribution in [0.25, 0.3) is 10.9 Å². The van der Waals surface area contributed by atoms with Crippen molar-refractivity contribution in [3.05, 3.63) is 60.3 Å². The number of fused-ring (bicyclic) bond motifs is 2. The van der Waals surface area contributed by atoms with E-state index in [0.29, 0.717) is 0 Å². The Kier molecular flexibility index (Phi) is 4.20. The van der Waals surface area contributed by atoms with Crippen molar-refractivity contribution in [2.45, 2.75) is 50.7 Å². The number of unbranched alkanes of at least 4 members (excludes halogenated alkanes) is 2. The molecule has 4 nitrogen and oxygen atoms in total. The van der Waals surface area contributed by atoms with Crippen molar-refractivity contribution in [2.75, 3.05) is 0 Å². The maximum Gasteiger partial charge on any atom is 0.117 e. The molecule has 4 heteroatoms. The predicted octanol–water partition coefficient (Wildman–Crippen LogP) is 5.34. The highest BCUT2D eigenvalue weighted by Gasteiger charge is 2.35. The Morgan fingerprint density at radius 2 is 2.04 bits per heavy atom. The number of benzene rings is 1. The first-order chi connectivity index (χ1) is 11.9. The van der Waals surface area contributed by atoms with Gasteiger partial charge in [-0.3, -0.25) is 5.01 Å². The van der Waals surface area contributed by atoms with E-state index in [2.05, 4.69) is 81.9 Å². The summed E-state index contributed by atoms with van der Waals surface area (Å²) in [6, 6.07) is 11.4. The number of nitrogens with one attached hydrogen (secondary N) is 1. The van der Waals surface area contributed by atoms with Gasteiger partial charge in [0.05, 0.1) is 12.1 Å². The first kappa shape index (κ1) is 15.2. The minimum atomic E-state index is 0.160. The van der Waals surface area contributed by atoms with Gasteiger partial charge in [0.25, 0.3) is 0 Å². The van der Waals surface area contributed by atoms with E-state index in [9.17, 15) is 0 Å². The largest absolute Gasteiger partial charge is 0.357 e. The van der Waals surface area contributed by atoms with Gasteiger partial charge in [0, 0.05) is 11.2 Å². The highest BCUT2D eigenvalue weighted by Crippen LogP contribution is 2.36. The molecule has 1 aliphatic heterocycles. The van der Waals surface area contributed by atoms with E-state index in [1.165, 1.54) is 35.9 Å². The maximum atomic E-state index is 4.54. The van der Waals surface area contributed by atoms with Crippen molar-refractivity contribution in [1.29, 1.82) is 0 Å². The van der Waals surface area contributed by atoms with Crippen molar-refractivity contribution in [2.24, 2.45) is 10.3 Å². The number of hydrogen-bond donors (Lipinski definition) is 1. The number of rotatable bonds is 6. The fourth-order valence-corrected chi connectivity index (χ4v) is 3.68. The average molecular weight is 320 g/mol. The molecular formula is C20H24N4. The van der Waals surface area contributed by atoms with Gasteiger partial charge in [-0.25, -0.2) is 0 Å². The monoisotopic (exact) mass is 320 g/mol. The third-order valence-corrected chi connectivity index (χ3v) is 4.98. The van der Waals surface area contributed by atoms with E-state index in [4.69, 9.17) is 0 Å². The zero-order valence-corrected chi connectivity index (χ0v) is 14.1. The van der Waals surface area contributed by atoms with Crippen LogP contribution < -0.4 is 0 Å². The molecule has 4 rings (SSSR count). The first-order valence-electron chi connectivity index (χ1n) is 8.98. The fourth-order valence-electron chi connectivity index (χ4n) is 3.68. The van der Waals surface area contributed by atoms with Gasteiger partial charge in [-0.1, -0.05) is 73.9 Å². The van der Waals surface area contributed by atoms with Crippen molar-refractivity contribution in [3.8, 4) is 0 Å². The van der Waals surface area contributed by atoms with E-state index in [1.807, 2.05) is 0 Å². The minimum absolute atomic E-state index is 0.160. The van der Waals surface area contributed by atoms with Crippen LogP contribution in [0.3, 0.4) is 0 Å². The van der Waals surface area contributed by atoms with Gasteiger partial charge in [-0.2, -0.15) is 5.11 Å². The Labute approximate surface area is 142 Å². The second kappa shape index (κ2) is 6.63. The Morgan fingerprint density at radius 3 is 2.92 bits per heavy atom. The van der Waals surface area contributed by atoms with Gasteiger partial charge in [0.2, 0.25) is 0 Å². The molecule has 2 aromatic rings. The van der Waals surface area contributed by atoms with Crippen LogP contribution in [0.5, 0.6) is 0 Å². The van der Waals surface area contributed by atoms with Gasteiger partial charge in [-0.15, -0.1) is 0 Å². The smallest absolute Gasteiger partial charge is 0.117 e. The minimum Gasteiger partial charge on any atom is -0.357 e. The van der Waals surface area contributed by atoms with Gasteiger partial charge >= 0.3 is 0 Å². The number of aromatic nitrogens is 1. The lowest BCUT2D eigenvalue weighted by atomic mass is 9.99. The Balaban J connectivity index is 1.65.